The smallest absolute Gasteiger partial charge is 0.117 e. The predicted octanol–water partition coefficient (Wildman–Crippen LogP) is 2.12. The van der Waals surface area contributed by atoms with Gasteiger partial charge in [0.1, 0.15) is 5.75 Å². The number of benzene rings is 1. The lowest BCUT2D eigenvalue weighted by atomic mass is 10.1. The van der Waals surface area contributed by atoms with Gasteiger partial charge in [-0.2, -0.15) is 0 Å². The SMILES string of the molecule is Br.NCCc1ccc(O)cc1Cl. The lowest BCUT2D eigenvalue weighted by molar-refractivity contribution is 0.475. The molecule has 1 rings (SSSR count). The fourth-order valence-corrected chi connectivity index (χ4v) is 1.16. The van der Waals surface area contributed by atoms with Crippen molar-refractivity contribution in [1.82, 2.24) is 0 Å². The minimum Gasteiger partial charge on any atom is -0.508 e. The predicted molar refractivity (Wildman–Crippen MR) is 56.2 cm³/mol. The Morgan fingerprint density at radius 1 is 1.42 bits per heavy atom. The molecule has 0 radical (unpaired) electrons. The Hall–Kier alpha value is -0.250. The number of halogens is 2. The molecule has 3 N–H and O–H groups in total. The van der Waals surface area contributed by atoms with Crippen LogP contribution < -0.4 is 5.73 Å². The molecule has 0 saturated carbocycles. The minimum absolute atomic E-state index is 0. The second-order valence-electron chi connectivity index (χ2n) is 2.31. The maximum absolute atomic E-state index is 8.99. The van der Waals surface area contributed by atoms with Crippen molar-refractivity contribution < 1.29 is 5.11 Å². The molecule has 0 unspecified atom stereocenters. The summed E-state index contributed by atoms with van der Waals surface area (Å²) in [7, 11) is 0. The summed E-state index contributed by atoms with van der Waals surface area (Å²) in [4.78, 5) is 0. The van der Waals surface area contributed by atoms with Gasteiger partial charge in [0, 0.05) is 5.02 Å². The average molecular weight is 253 g/mol. The zero-order valence-corrected chi connectivity index (χ0v) is 8.93. The molecule has 0 heterocycles. The first-order chi connectivity index (χ1) is 5.24. The molecule has 0 atom stereocenters. The molecule has 68 valence electrons. The summed E-state index contributed by atoms with van der Waals surface area (Å²) in [5.74, 6) is 0.191. The quantitative estimate of drug-likeness (QED) is 0.847. The van der Waals surface area contributed by atoms with Crippen LogP contribution in [0, 0.1) is 0 Å². The van der Waals surface area contributed by atoms with Crippen molar-refractivity contribution in [1.29, 1.82) is 0 Å². The van der Waals surface area contributed by atoms with Gasteiger partial charge in [-0.3, -0.25) is 0 Å². The topological polar surface area (TPSA) is 46.2 Å². The van der Waals surface area contributed by atoms with Gasteiger partial charge in [0.2, 0.25) is 0 Å². The summed E-state index contributed by atoms with van der Waals surface area (Å²) >= 11 is 5.79. The van der Waals surface area contributed by atoms with E-state index in [0.717, 1.165) is 12.0 Å². The Bertz CT molecular complexity index is 255. The second kappa shape index (κ2) is 5.41. The van der Waals surface area contributed by atoms with Gasteiger partial charge in [-0.05, 0) is 30.7 Å². The summed E-state index contributed by atoms with van der Waals surface area (Å²) < 4.78 is 0. The van der Waals surface area contributed by atoms with Crippen molar-refractivity contribution in [3.63, 3.8) is 0 Å². The molecule has 0 spiro atoms. The van der Waals surface area contributed by atoms with Gasteiger partial charge in [-0.1, -0.05) is 17.7 Å². The first-order valence-electron chi connectivity index (χ1n) is 3.41. The van der Waals surface area contributed by atoms with Gasteiger partial charge in [0.25, 0.3) is 0 Å². The van der Waals surface area contributed by atoms with E-state index in [1.54, 1.807) is 12.1 Å². The van der Waals surface area contributed by atoms with Crippen LogP contribution in [-0.4, -0.2) is 11.7 Å². The third-order valence-corrected chi connectivity index (χ3v) is 1.80. The zero-order chi connectivity index (χ0) is 8.27. The Kier molecular flexibility index (Phi) is 5.29. The molecule has 2 nitrogen and oxygen atoms in total. The van der Waals surface area contributed by atoms with E-state index in [4.69, 9.17) is 22.4 Å². The van der Waals surface area contributed by atoms with Crippen molar-refractivity contribution >= 4 is 28.6 Å². The van der Waals surface area contributed by atoms with E-state index in [9.17, 15) is 0 Å². The molecule has 1 aromatic rings. The highest BCUT2D eigenvalue weighted by Gasteiger charge is 1.98. The van der Waals surface area contributed by atoms with E-state index in [-0.39, 0.29) is 22.7 Å². The fourth-order valence-electron chi connectivity index (χ4n) is 0.894. The summed E-state index contributed by atoms with van der Waals surface area (Å²) in [6, 6.07) is 4.91. The van der Waals surface area contributed by atoms with Crippen LogP contribution in [0.25, 0.3) is 0 Å². The number of nitrogens with two attached hydrogens (primary N) is 1. The van der Waals surface area contributed by atoms with E-state index in [1.165, 1.54) is 6.07 Å². The lowest BCUT2D eigenvalue weighted by Gasteiger charge is -2.01. The largest absolute Gasteiger partial charge is 0.508 e. The van der Waals surface area contributed by atoms with Gasteiger partial charge < -0.3 is 10.8 Å². The number of phenolic OH excluding ortho intramolecular Hbond substituents is 1. The van der Waals surface area contributed by atoms with E-state index >= 15 is 0 Å². The molecule has 0 fully saturated rings. The number of hydrogen-bond acceptors (Lipinski definition) is 2. The first-order valence-corrected chi connectivity index (χ1v) is 3.79. The zero-order valence-electron chi connectivity index (χ0n) is 6.46. The molecule has 0 aromatic heterocycles. The summed E-state index contributed by atoms with van der Waals surface area (Å²) in [6.45, 7) is 0.574. The first kappa shape index (κ1) is 11.8. The van der Waals surface area contributed by atoms with Crippen molar-refractivity contribution in [2.75, 3.05) is 6.54 Å². The Morgan fingerprint density at radius 2 is 2.08 bits per heavy atom. The van der Waals surface area contributed by atoms with Gasteiger partial charge >= 0.3 is 0 Å². The molecule has 0 aliphatic carbocycles. The van der Waals surface area contributed by atoms with E-state index in [0.29, 0.717) is 11.6 Å². The molecular weight excluding hydrogens is 241 g/mol. The fraction of sp³-hybridized carbons (Fsp3) is 0.250. The van der Waals surface area contributed by atoms with Gasteiger partial charge in [0.05, 0.1) is 0 Å². The molecule has 0 aliphatic heterocycles. The standard InChI is InChI=1S/C8H10ClNO.BrH/c9-8-5-7(11)2-1-6(8)3-4-10;/h1-2,5,11H,3-4,10H2;1H. The molecule has 0 bridgehead atoms. The molecule has 12 heavy (non-hydrogen) atoms. The van der Waals surface area contributed by atoms with Gasteiger partial charge in [0.15, 0.2) is 0 Å². The van der Waals surface area contributed by atoms with E-state index in [2.05, 4.69) is 0 Å². The molecule has 0 aliphatic rings. The van der Waals surface area contributed by atoms with Crippen molar-refractivity contribution in [3.05, 3.63) is 28.8 Å². The molecule has 1 aromatic carbocycles. The number of aromatic hydroxyl groups is 1. The number of rotatable bonds is 2. The van der Waals surface area contributed by atoms with Crippen LogP contribution in [0.1, 0.15) is 5.56 Å². The lowest BCUT2D eigenvalue weighted by Crippen LogP contribution is -2.02. The summed E-state index contributed by atoms with van der Waals surface area (Å²) in [6.07, 6.45) is 0.749. The molecule has 0 saturated heterocycles. The average Bonchev–Trinajstić information content (AvgIpc) is 1.95. The second-order valence-corrected chi connectivity index (χ2v) is 2.72. The maximum atomic E-state index is 8.99. The van der Waals surface area contributed by atoms with Crippen molar-refractivity contribution in [2.24, 2.45) is 5.73 Å². The van der Waals surface area contributed by atoms with Crippen molar-refractivity contribution in [3.8, 4) is 5.75 Å². The van der Waals surface area contributed by atoms with Crippen molar-refractivity contribution in [2.45, 2.75) is 6.42 Å². The van der Waals surface area contributed by atoms with Crippen LogP contribution in [0.5, 0.6) is 5.75 Å². The molecule has 0 amide bonds. The molecular formula is C8H11BrClNO. The van der Waals surface area contributed by atoms with Crippen LogP contribution >= 0.6 is 28.6 Å². The monoisotopic (exact) mass is 251 g/mol. The van der Waals surface area contributed by atoms with Crippen LogP contribution in [0.15, 0.2) is 18.2 Å². The Balaban J connectivity index is 0.00000121. The third kappa shape index (κ3) is 3.01. The number of phenols is 1. The summed E-state index contributed by atoms with van der Waals surface area (Å²) in [5, 5.41) is 9.57. The maximum Gasteiger partial charge on any atom is 0.117 e. The Labute approximate surface area is 87.1 Å². The highest BCUT2D eigenvalue weighted by molar-refractivity contribution is 8.93. The Morgan fingerprint density at radius 3 is 2.58 bits per heavy atom. The van der Waals surface area contributed by atoms with Gasteiger partial charge in [-0.15, -0.1) is 17.0 Å². The minimum atomic E-state index is 0. The van der Waals surface area contributed by atoms with Crippen LogP contribution in [-0.2, 0) is 6.42 Å². The van der Waals surface area contributed by atoms with Crippen LogP contribution in [0.4, 0.5) is 0 Å². The normalized spacial score (nSPS) is 9.17. The highest BCUT2D eigenvalue weighted by Crippen LogP contribution is 2.21. The summed E-state index contributed by atoms with van der Waals surface area (Å²) in [5.41, 5.74) is 6.33. The van der Waals surface area contributed by atoms with Crippen LogP contribution in [0.3, 0.4) is 0 Å². The molecule has 4 heteroatoms. The highest BCUT2D eigenvalue weighted by atomic mass is 79.9. The van der Waals surface area contributed by atoms with Gasteiger partial charge in [-0.25, -0.2) is 0 Å². The third-order valence-electron chi connectivity index (χ3n) is 1.45. The van der Waals surface area contributed by atoms with E-state index in [1.807, 2.05) is 0 Å². The van der Waals surface area contributed by atoms with Crippen LogP contribution in [0.2, 0.25) is 5.02 Å². The van der Waals surface area contributed by atoms with E-state index < -0.39 is 0 Å². The number of hydrogen-bond donors (Lipinski definition) is 2.